The summed E-state index contributed by atoms with van der Waals surface area (Å²) in [5, 5.41) is 14.8. The Morgan fingerprint density at radius 1 is 1.40 bits per heavy atom. The molecule has 0 aliphatic carbocycles. The summed E-state index contributed by atoms with van der Waals surface area (Å²) in [6.07, 6.45) is 0. The van der Waals surface area contributed by atoms with Crippen LogP contribution in [0.3, 0.4) is 0 Å². The first kappa shape index (κ1) is 16.5. The van der Waals surface area contributed by atoms with Crippen LogP contribution < -0.4 is 10.6 Å². The minimum atomic E-state index is -1.03. The SMILES string of the molecule is COCC(C)CNC(=O)Nc1sc(C)c(C)c1C(=O)O. The van der Waals surface area contributed by atoms with E-state index in [0.29, 0.717) is 23.7 Å². The van der Waals surface area contributed by atoms with Crippen LogP contribution >= 0.6 is 11.3 Å². The number of carbonyl (C=O) groups is 2. The molecule has 0 saturated carbocycles. The standard InChI is InChI=1S/C13H20N2O4S/c1-7(6-19-4)5-14-13(18)15-11-10(12(16)17)8(2)9(3)20-11/h7H,5-6H2,1-4H3,(H,16,17)(H2,14,15,18). The normalized spacial score (nSPS) is 12.0. The van der Waals surface area contributed by atoms with Gasteiger partial charge in [-0.05, 0) is 25.3 Å². The summed E-state index contributed by atoms with van der Waals surface area (Å²) in [5.41, 5.74) is 0.846. The van der Waals surface area contributed by atoms with Crippen molar-refractivity contribution >= 4 is 28.3 Å². The van der Waals surface area contributed by atoms with Crippen LogP contribution in [0.1, 0.15) is 27.7 Å². The lowest BCUT2D eigenvalue weighted by atomic mass is 10.1. The van der Waals surface area contributed by atoms with Crippen molar-refractivity contribution in [3.05, 3.63) is 16.0 Å². The Balaban J connectivity index is 2.67. The van der Waals surface area contributed by atoms with Crippen molar-refractivity contribution in [3.8, 4) is 0 Å². The number of anilines is 1. The van der Waals surface area contributed by atoms with Gasteiger partial charge in [0, 0.05) is 18.5 Å². The van der Waals surface area contributed by atoms with E-state index in [4.69, 9.17) is 4.74 Å². The lowest BCUT2D eigenvalue weighted by molar-refractivity contribution is 0.0697. The molecule has 0 radical (unpaired) electrons. The van der Waals surface area contributed by atoms with Crippen molar-refractivity contribution < 1.29 is 19.4 Å². The highest BCUT2D eigenvalue weighted by Crippen LogP contribution is 2.32. The Kier molecular flexibility index (Phi) is 5.97. The third-order valence-electron chi connectivity index (χ3n) is 2.89. The highest BCUT2D eigenvalue weighted by atomic mass is 32.1. The summed E-state index contributed by atoms with van der Waals surface area (Å²) >= 11 is 1.26. The molecule has 3 N–H and O–H groups in total. The third kappa shape index (κ3) is 4.21. The van der Waals surface area contributed by atoms with E-state index in [1.807, 2.05) is 13.8 Å². The first-order valence-corrected chi connectivity index (χ1v) is 7.05. The van der Waals surface area contributed by atoms with E-state index in [-0.39, 0.29) is 11.5 Å². The number of urea groups is 1. The molecule has 0 bridgehead atoms. The first-order chi connectivity index (χ1) is 9.36. The number of ether oxygens (including phenoxy) is 1. The topological polar surface area (TPSA) is 87.7 Å². The zero-order valence-electron chi connectivity index (χ0n) is 12.1. The molecule has 112 valence electrons. The lowest BCUT2D eigenvalue weighted by Crippen LogP contribution is -2.33. The largest absolute Gasteiger partial charge is 0.478 e. The fourth-order valence-electron chi connectivity index (χ4n) is 1.73. The van der Waals surface area contributed by atoms with E-state index in [2.05, 4.69) is 10.6 Å². The number of thiophene rings is 1. The molecule has 0 aliphatic rings. The van der Waals surface area contributed by atoms with E-state index in [9.17, 15) is 14.7 Å². The van der Waals surface area contributed by atoms with Gasteiger partial charge in [-0.1, -0.05) is 6.92 Å². The zero-order chi connectivity index (χ0) is 15.3. The van der Waals surface area contributed by atoms with Crippen molar-refractivity contribution in [2.75, 3.05) is 25.6 Å². The van der Waals surface area contributed by atoms with Crippen LogP contribution in [0.25, 0.3) is 0 Å². The van der Waals surface area contributed by atoms with Crippen LogP contribution in [-0.2, 0) is 4.74 Å². The monoisotopic (exact) mass is 300 g/mol. The number of amides is 2. The van der Waals surface area contributed by atoms with Gasteiger partial charge >= 0.3 is 12.0 Å². The summed E-state index contributed by atoms with van der Waals surface area (Å²) in [6, 6.07) is -0.406. The summed E-state index contributed by atoms with van der Waals surface area (Å²) in [6.45, 7) is 6.53. The van der Waals surface area contributed by atoms with Gasteiger partial charge in [0.05, 0.1) is 12.2 Å². The molecule has 1 aromatic heterocycles. The number of rotatable bonds is 6. The molecule has 1 aromatic rings. The Morgan fingerprint density at radius 2 is 2.05 bits per heavy atom. The zero-order valence-corrected chi connectivity index (χ0v) is 12.9. The molecular weight excluding hydrogens is 280 g/mol. The maximum atomic E-state index is 11.8. The van der Waals surface area contributed by atoms with Crippen molar-refractivity contribution in [2.24, 2.45) is 5.92 Å². The van der Waals surface area contributed by atoms with Crippen LogP contribution in [0.2, 0.25) is 0 Å². The second-order valence-electron chi connectivity index (χ2n) is 4.69. The van der Waals surface area contributed by atoms with Gasteiger partial charge in [-0.25, -0.2) is 9.59 Å². The van der Waals surface area contributed by atoms with Gasteiger partial charge in [0.15, 0.2) is 0 Å². The molecule has 20 heavy (non-hydrogen) atoms. The molecule has 0 saturated heterocycles. The van der Waals surface area contributed by atoms with Crippen molar-refractivity contribution in [2.45, 2.75) is 20.8 Å². The summed E-state index contributed by atoms with van der Waals surface area (Å²) < 4.78 is 4.98. The Morgan fingerprint density at radius 3 is 2.60 bits per heavy atom. The number of hydrogen-bond acceptors (Lipinski definition) is 4. The molecular formula is C13H20N2O4S. The quantitative estimate of drug-likeness (QED) is 0.753. The fourth-order valence-corrected chi connectivity index (χ4v) is 2.78. The minimum absolute atomic E-state index is 0.160. The number of aryl methyl sites for hydroxylation is 1. The second kappa shape index (κ2) is 7.25. The maximum Gasteiger partial charge on any atom is 0.338 e. The minimum Gasteiger partial charge on any atom is -0.478 e. The van der Waals surface area contributed by atoms with Gasteiger partial charge in [0.1, 0.15) is 5.00 Å². The fraction of sp³-hybridized carbons (Fsp3) is 0.538. The number of carbonyl (C=O) groups excluding carboxylic acids is 1. The van der Waals surface area contributed by atoms with Crippen LogP contribution in [0, 0.1) is 19.8 Å². The molecule has 0 aromatic carbocycles. The second-order valence-corrected chi connectivity index (χ2v) is 5.91. The third-order valence-corrected chi connectivity index (χ3v) is 4.01. The van der Waals surface area contributed by atoms with Gasteiger partial charge < -0.3 is 15.2 Å². The van der Waals surface area contributed by atoms with Crippen LogP contribution in [0.5, 0.6) is 0 Å². The highest BCUT2D eigenvalue weighted by Gasteiger charge is 2.20. The molecule has 0 fully saturated rings. The number of methoxy groups -OCH3 is 1. The summed E-state index contributed by atoms with van der Waals surface area (Å²) in [7, 11) is 1.60. The molecule has 6 nitrogen and oxygen atoms in total. The predicted octanol–water partition coefficient (Wildman–Crippen LogP) is 2.47. The Bertz CT molecular complexity index is 499. The van der Waals surface area contributed by atoms with Gasteiger partial charge in [0.25, 0.3) is 0 Å². The van der Waals surface area contributed by atoms with Crippen LogP contribution in [0.4, 0.5) is 9.80 Å². The number of nitrogens with one attached hydrogen (secondary N) is 2. The molecule has 1 atom stereocenters. The summed E-state index contributed by atoms with van der Waals surface area (Å²) in [4.78, 5) is 23.9. The average Bonchev–Trinajstić information content (AvgIpc) is 2.62. The van der Waals surface area contributed by atoms with E-state index in [0.717, 1.165) is 4.88 Å². The van der Waals surface area contributed by atoms with Crippen LogP contribution in [0.15, 0.2) is 0 Å². The number of carboxylic acid groups (broad SMARTS) is 1. The number of aromatic carboxylic acids is 1. The van der Waals surface area contributed by atoms with Crippen LogP contribution in [-0.4, -0.2) is 37.4 Å². The average molecular weight is 300 g/mol. The van der Waals surface area contributed by atoms with Gasteiger partial charge in [0.2, 0.25) is 0 Å². The smallest absolute Gasteiger partial charge is 0.338 e. The Labute approximate surface area is 122 Å². The van der Waals surface area contributed by atoms with Gasteiger partial charge in [-0.15, -0.1) is 11.3 Å². The van der Waals surface area contributed by atoms with Crippen molar-refractivity contribution in [1.82, 2.24) is 5.32 Å². The van der Waals surface area contributed by atoms with E-state index in [1.165, 1.54) is 11.3 Å². The molecule has 0 aliphatic heterocycles. The number of carboxylic acids is 1. The van der Waals surface area contributed by atoms with E-state index < -0.39 is 12.0 Å². The van der Waals surface area contributed by atoms with Crippen molar-refractivity contribution in [1.29, 1.82) is 0 Å². The molecule has 1 rings (SSSR count). The first-order valence-electron chi connectivity index (χ1n) is 6.23. The van der Waals surface area contributed by atoms with Crippen molar-refractivity contribution in [3.63, 3.8) is 0 Å². The van der Waals surface area contributed by atoms with E-state index in [1.54, 1.807) is 14.0 Å². The highest BCUT2D eigenvalue weighted by molar-refractivity contribution is 7.16. The molecule has 2 amide bonds. The number of hydrogen-bond donors (Lipinski definition) is 3. The Hall–Kier alpha value is -1.60. The van der Waals surface area contributed by atoms with Gasteiger partial charge in [-0.3, -0.25) is 5.32 Å². The maximum absolute atomic E-state index is 11.8. The predicted molar refractivity (Wildman–Crippen MR) is 78.8 cm³/mol. The van der Waals surface area contributed by atoms with E-state index >= 15 is 0 Å². The molecule has 0 spiro atoms. The lowest BCUT2D eigenvalue weighted by Gasteiger charge is -2.12. The van der Waals surface area contributed by atoms with Gasteiger partial charge in [-0.2, -0.15) is 0 Å². The summed E-state index contributed by atoms with van der Waals surface area (Å²) in [5.74, 6) is -0.841. The molecule has 1 heterocycles. The molecule has 7 heteroatoms. The molecule has 1 unspecified atom stereocenters.